The number of ether oxygens (including phenoxy) is 2. The van der Waals surface area contributed by atoms with Crippen LogP contribution >= 0.6 is 11.3 Å². The summed E-state index contributed by atoms with van der Waals surface area (Å²) >= 11 is 1.34. The largest absolute Gasteiger partial charge is 0.507 e. The number of rotatable bonds is 8. The molecule has 0 unspecified atom stereocenters. The van der Waals surface area contributed by atoms with Crippen molar-refractivity contribution in [3.63, 3.8) is 0 Å². The summed E-state index contributed by atoms with van der Waals surface area (Å²) in [5.74, 6) is 4.94. The van der Waals surface area contributed by atoms with E-state index in [2.05, 4.69) is 27.6 Å². The number of alkyl carbamates (subject to hydrolysis) is 1. The Morgan fingerprint density at radius 3 is 2.53 bits per heavy atom. The molecule has 2 atom stereocenters. The predicted molar refractivity (Wildman–Crippen MR) is 193 cm³/mol. The molecule has 5 rings (SSSR count). The summed E-state index contributed by atoms with van der Waals surface area (Å²) < 4.78 is 12.1. The number of hydrogen-bond acceptors (Lipinski definition) is 9. The number of phenols is 1. The van der Waals surface area contributed by atoms with Gasteiger partial charge in [-0.05, 0) is 101 Å². The molecule has 2 aromatic heterocycles. The summed E-state index contributed by atoms with van der Waals surface area (Å²) in [6.45, 7) is 7.57. The summed E-state index contributed by atoms with van der Waals surface area (Å²) in [4.78, 5) is 54.7. The third-order valence-electron chi connectivity index (χ3n) is 7.91. The number of piperidine rings is 1. The molecule has 1 aliphatic heterocycles. The van der Waals surface area contributed by atoms with Gasteiger partial charge in [0.15, 0.2) is 0 Å². The number of aromatic nitrogens is 2. The molecule has 2 aromatic carbocycles. The smallest absolute Gasteiger partial charge is 0.408 e. The van der Waals surface area contributed by atoms with Gasteiger partial charge in [0.25, 0.3) is 5.91 Å². The molecule has 0 saturated carbocycles. The first-order chi connectivity index (χ1) is 24.3. The molecular formula is C38H41N5O7S. The van der Waals surface area contributed by atoms with Gasteiger partial charge in [-0.15, -0.1) is 11.3 Å². The lowest BCUT2D eigenvalue weighted by Gasteiger charge is -2.37. The zero-order valence-electron chi connectivity index (χ0n) is 29.2. The molecule has 12 nitrogen and oxygen atoms in total. The van der Waals surface area contributed by atoms with Crippen LogP contribution in [-0.4, -0.2) is 68.5 Å². The molecule has 0 aliphatic carbocycles. The molecule has 3 N–H and O–H groups in total. The SMILES string of the molecule is CCOC(=O)c1ccc(O)c(-c2nn(C)cc2C#Cc2ccc(NC(=O)[C@@H]3CCCCN3C(=O)[C@H](NC(=O)OC(C)(C)C)c3cccs3)cc2)c1. The maximum absolute atomic E-state index is 13.9. The first-order valence-corrected chi connectivity index (χ1v) is 17.5. The Balaban J connectivity index is 1.29. The molecule has 3 amide bonds. The van der Waals surface area contributed by atoms with E-state index in [1.54, 1.807) is 86.9 Å². The molecular weight excluding hydrogens is 671 g/mol. The van der Waals surface area contributed by atoms with Crippen LogP contribution in [0.4, 0.5) is 10.5 Å². The lowest BCUT2D eigenvalue weighted by molar-refractivity contribution is -0.142. The van der Waals surface area contributed by atoms with Crippen molar-refractivity contribution in [1.29, 1.82) is 0 Å². The van der Waals surface area contributed by atoms with E-state index in [-0.39, 0.29) is 29.7 Å². The summed E-state index contributed by atoms with van der Waals surface area (Å²) in [5, 5.41) is 22.5. The highest BCUT2D eigenvalue weighted by Gasteiger charge is 2.38. The number of phenolic OH excluding ortho intramolecular Hbond substituents is 1. The minimum atomic E-state index is -0.989. The van der Waals surface area contributed by atoms with Gasteiger partial charge in [-0.25, -0.2) is 9.59 Å². The summed E-state index contributed by atoms with van der Waals surface area (Å²) in [6.07, 6.45) is 3.01. The van der Waals surface area contributed by atoms with Crippen LogP contribution in [0.1, 0.15) is 79.4 Å². The maximum atomic E-state index is 13.9. The number of nitrogens with one attached hydrogen (secondary N) is 2. The van der Waals surface area contributed by atoms with Crippen LogP contribution in [0.2, 0.25) is 0 Å². The van der Waals surface area contributed by atoms with Gasteiger partial charge in [0, 0.05) is 41.5 Å². The lowest BCUT2D eigenvalue weighted by Crippen LogP contribution is -2.53. The molecule has 0 radical (unpaired) electrons. The number of carbonyl (C=O) groups excluding carboxylic acids is 4. The number of esters is 1. The maximum Gasteiger partial charge on any atom is 0.408 e. The van der Waals surface area contributed by atoms with E-state index in [1.165, 1.54) is 29.5 Å². The molecule has 0 spiro atoms. The number of benzene rings is 2. The molecule has 4 aromatic rings. The first kappa shape index (κ1) is 36.7. The molecule has 266 valence electrons. The van der Waals surface area contributed by atoms with Gasteiger partial charge >= 0.3 is 12.1 Å². The number of hydrogen-bond donors (Lipinski definition) is 3. The Morgan fingerprint density at radius 1 is 1.08 bits per heavy atom. The third kappa shape index (κ3) is 9.34. The second-order valence-corrected chi connectivity index (χ2v) is 14.0. The second-order valence-electron chi connectivity index (χ2n) is 13.0. The summed E-state index contributed by atoms with van der Waals surface area (Å²) in [6, 6.07) is 13.3. The van der Waals surface area contributed by atoms with E-state index in [0.717, 1.165) is 12.8 Å². The molecule has 1 aliphatic rings. The Bertz CT molecular complexity index is 1950. The molecule has 1 saturated heterocycles. The highest BCUT2D eigenvalue weighted by Crippen LogP contribution is 2.32. The fourth-order valence-corrected chi connectivity index (χ4v) is 6.38. The zero-order valence-corrected chi connectivity index (χ0v) is 30.0. The van der Waals surface area contributed by atoms with E-state index < -0.39 is 29.7 Å². The fraction of sp³-hybridized carbons (Fsp3) is 0.342. The highest BCUT2D eigenvalue weighted by molar-refractivity contribution is 7.10. The number of nitrogens with zero attached hydrogens (tertiary/aromatic N) is 3. The topological polar surface area (TPSA) is 152 Å². The molecule has 1 fully saturated rings. The normalized spacial score (nSPS) is 14.8. The lowest BCUT2D eigenvalue weighted by atomic mass is 9.99. The molecule has 13 heteroatoms. The Kier molecular flexibility index (Phi) is 11.5. The quantitative estimate of drug-likeness (QED) is 0.148. The van der Waals surface area contributed by atoms with Crippen LogP contribution in [0.3, 0.4) is 0 Å². The number of thiophene rings is 1. The Morgan fingerprint density at radius 2 is 1.84 bits per heavy atom. The van der Waals surface area contributed by atoms with Crippen LogP contribution in [-0.2, 0) is 26.1 Å². The summed E-state index contributed by atoms with van der Waals surface area (Å²) in [5.41, 5.74) is 2.03. The van der Waals surface area contributed by atoms with Gasteiger partial charge in [-0.3, -0.25) is 14.3 Å². The van der Waals surface area contributed by atoms with Gasteiger partial charge in [0.2, 0.25) is 5.91 Å². The average Bonchev–Trinajstić information content (AvgIpc) is 3.76. The molecule has 3 heterocycles. The van der Waals surface area contributed by atoms with E-state index in [4.69, 9.17) is 9.47 Å². The van der Waals surface area contributed by atoms with Crippen molar-refractivity contribution in [2.75, 3.05) is 18.5 Å². The van der Waals surface area contributed by atoms with Crippen molar-refractivity contribution in [1.82, 2.24) is 20.0 Å². The average molecular weight is 712 g/mol. The number of aryl methyl sites for hydroxylation is 1. The van der Waals surface area contributed by atoms with Crippen molar-refractivity contribution >= 4 is 40.9 Å². The van der Waals surface area contributed by atoms with Gasteiger partial charge in [-0.2, -0.15) is 5.10 Å². The number of aromatic hydroxyl groups is 1. The van der Waals surface area contributed by atoms with E-state index in [1.807, 2.05) is 5.38 Å². The minimum absolute atomic E-state index is 0.0514. The van der Waals surface area contributed by atoms with Crippen molar-refractivity contribution in [2.45, 2.75) is 64.6 Å². The summed E-state index contributed by atoms with van der Waals surface area (Å²) in [7, 11) is 1.74. The van der Waals surface area contributed by atoms with Crippen molar-refractivity contribution in [2.24, 2.45) is 7.05 Å². The van der Waals surface area contributed by atoms with Crippen molar-refractivity contribution in [3.8, 4) is 28.8 Å². The van der Waals surface area contributed by atoms with E-state index >= 15 is 0 Å². The molecule has 51 heavy (non-hydrogen) atoms. The van der Waals surface area contributed by atoms with Crippen molar-refractivity contribution < 1.29 is 33.8 Å². The zero-order chi connectivity index (χ0) is 36.7. The van der Waals surface area contributed by atoms with Crippen LogP contribution in [0.5, 0.6) is 5.75 Å². The van der Waals surface area contributed by atoms with Crippen LogP contribution in [0, 0.1) is 11.8 Å². The van der Waals surface area contributed by atoms with Gasteiger partial charge in [0.1, 0.15) is 29.1 Å². The minimum Gasteiger partial charge on any atom is -0.507 e. The number of anilines is 1. The Labute approximate surface area is 300 Å². The predicted octanol–water partition coefficient (Wildman–Crippen LogP) is 6.02. The second kappa shape index (κ2) is 15.9. The third-order valence-corrected chi connectivity index (χ3v) is 8.85. The van der Waals surface area contributed by atoms with E-state index in [9.17, 15) is 24.3 Å². The Hall–Kier alpha value is -5.61. The van der Waals surface area contributed by atoms with Gasteiger partial charge in [0.05, 0.1) is 17.7 Å². The fourth-order valence-electron chi connectivity index (χ4n) is 5.62. The number of amides is 3. The number of carbonyl (C=O) groups is 4. The van der Waals surface area contributed by atoms with E-state index in [0.29, 0.717) is 45.9 Å². The molecule has 0 bridgehead atoms. The number of likely N-dealkylation sites (tertiary alicyclic amines) is 1. The van der Waals surface area contributed by atoms with Crippen LogP contribution < -0.4 is 10.6 Å². The monoisotopic (exact) mass is 711 g/mol. The van der Waals surface area contributed by atoms with Gasteiger partial charge < -0.3 is 30.1 Å². The standard InChI is InChI=1S/C38H41N5O7S/c1-6-49-36(47)25-16-19-30(44)28(22-25)32-26(23-42(5)41-32)15-12-24-13-17-27(18-14-24)39-34(45)29-10-7-8-20-43(29)35(46)33(31-11-9-21-51-31)40-37(48)50-38(2,3)4/h9,11,13-14,16-19,21-23,29,33,44H,6-8,10,20H2,1-5H3,(H,39,45)(H,40,48)/t29-,33+/m0/s1. The van der Waals surface area contributed by atoms with Crippen LogP contribution in [0.15, 0.2) is 66.2 Å². The first-order valence-electron chi connectivity index (χ1n) is 16.6. The highest BCUT2D eigenvalue weighted by atomic mass is 32.1. The van der Waals surface area contributed by atoms with Gasteiger partial charge in [-0.1, -0.05) is 17.9 Å². The van der Waals surface area contributed by atoms with Crippen molar-refractivity contribution in [3.05, 3.63) is 87.7 Å². The van der Waals surface area contributed by atoms with Crippen LogP contribution in [0.25, 0.3) is 11.3 Å².